The summed E-state index contributed by atoms with van der Waals surface area (Å²) in [6, 6.07) is 14.2. The standard InChI is InChI=1S/C22H19F3N4O3/c23-22(24,25)32-18-7-5-17(6-8-18)28-20-13-19(26-14-27-20)15-1-3-16(4-2-15)21(30)29-9-11-31-12-10-29/h1-8,13-14H,9-12H2,(H,26,27,28). The van der Waals surface area contributed by atoms with Crippen LogP contribution in [0, 0.1) is 0 Å². The predicted molar refractivity (Wildman–Crippen MR) is 111 cm³/mol. The lowest BCUT2D eigenvalue weighted by Crippen LogP contribution is -2.40. The number of benzene rings is 2. The second-order valence-corrected chi connectivity index (χ2v) is 6.97. The van der Waals surface area contributed by atoms with Gasteiger partial charge in [-0.2, -0.15) is 0 Å². The molecule has 1 amide bonds. The molecule has 0 radical (unpaired) electrons. The van der Waals surface area contributed by atoms with Gasteiger partial charge in [0.25, 0.3) is 5.91 Å². The normalized spacial score (nSPS) is 14.2. The van der Waals surface area contributed by atoms with Crippen molar-refractivity contribution in [3.8, 4) is 17.0 Å². The number of nitrogens with one attached hydrogen (secondary N) is 1. The Bertz CT molecular complexity index is 1070. The van der Waals surface area contributed by atoms with Gasteiger partial charge < -0.3 is 19.7 Å². The number of carbonyl (C=O) groups is 1. The summed E-state index contributed by atoms with van der Waals surface area (Å²) in [6.07, 6.45) is -3.36. The number of carbonyl (C=O) groups excluding carboxylic acids is 1. The van der Waals surface area contributed by atoms with E-state index in [9.17, 15) is 18.0 Å². The lowest BCUT2D eigenvalue weighted by molar-refractivity contribution is -0.274. The van der Waals surface area contributed by atoms with Crippen LogP contribution in [0.25, 0.3) is 11.3 Å². The number of halogens is 3. The Morgan fingerprint density at radius 3 is 2.34 bits per heavy atom. The third-order valence-corrected chi connectivity index (χ3v) is 4.75. The third-order valence-electron chi connectivity index (χ3n) is 4.75. The molecule has 0 saturated carbocycles. The molecule has 3 aromatic rings. The summed E-state index contributed by atoms with van der Waals surface area (Å²) in [5.41, 5.74) is 2.55. The van der Waals surface area contributed by atoms with Crippen LogP contribution in [0.3, 0.4) is 0 Å². The monoisotopic (exact) mass is 444 g/mol. The van der Waals surface area contributed by atoms with Crippen LogP contribution in [0.15, 0.2) is 60.9 Å². The molecule has 0 unspecified atom stereocenters. The number of nitrogens with zero attached hydrogens (tertiary/aromatic N) is 3. The van der Waals surface area contributed by atoms with Gasteiger partial charge in [0.05, 0.1) is 18.9 Å². The minimum absolute atomic E-state index is 0.0390. The number of hydrogen-bond acceptors (Lipinski definition) is 6. The lowest BCUT2D eigenvalue weighted by Gasteiger charge is -2.26. The molecule has 2 heterocycles. The lowest BCUT2D eigenvalue weighted by atomic mass is 10.1. The highest BCUT2D eigenvalue weighted by Crippen LogP contribution is 2.26. The largest absolute Gasteiger partial charge is 0.573 e. The van der Waals surface area contributed by atoms with Crippen LogP contribution in [0.1, 0.15) is 10.4 Å². The first kappa shape index (κ1) is 21.6. The molecule has 0 spiro atoms. The van der Waals surface area contributed by atoms with Gasteiger partial charge in [0.2, 0.25) is 0 Å². The van der Waals surface area contributed by atoms with E-state index in [0.29, 0.717) is 49.1 Å². The highest BCUT2D eigenvalue weighted by atomic mass is 19.4. The number of aromatic nitrogens is 2. The molecule has 166 valence electrons. The molecule has 32 heavy (non-hydrogen) atoms. The molecule has 0 bridgehead atoms. The van der Waals surface area contributed by atoms with Gasteiger partial charge in [0.1, 0.15) is 17.9 Å². The summed E-state index contributed by atoms with van der Waals surface area (Å²) in [4.78, 5) is 22.7. The molecular weight excluding hydrogens is 425 g/mol. The van der Waals surface area contributed by atoms with E-state index in [1.807, 2.05) is 12.1 Å². The second-order valence-electron chi connectivity index (χ2n) is 6.97. The van der Waals surface area contributed by atoms with Crippen molar-refractivity contribution in [3.63, 3.8) is 0 Å². The van der Waals surface area contributed by atoms with E-state index in [1.165, 1.54) is 30.6 Å². The van der Waals surface area contributed by atoms with Gasteiger partial charge in [-0.15, -0.1) is 13.2 Å². The summed E-state index contributed by atoms with van der Waals surface area (Å²) in [6.45, 7) is 2.23. The van der Waals surface area contributed by atoms with Crippen LogP contribution < -0.4 is 10.1 Å². The van der Waals surface area contributed by atoms with Crippen molar-refractivity contribution in [1.82, 2.24) is 14.9 Å². The summed E-state index contributed by atoms with van der Waals surface area (Å²) in [7, 11) is 0. The Balaban J connectivity index is 1.44. The number of rotatable bonds is 5. The SMILES string of the molecule is O=C(c1ccc(-c2cc(Nc3ccc(OC(F)(F)F)cc3)ncn2)cc1)N1CCOCC1. The van der Waals surface area contributed by atoms with Gasteiger partial charge in [-0.3, -0.25) is 4.79 Å². The highest BCUT2D eigenvalue weighted by molar-refractivity contribution is 5.94. The molecule has 0 aliphatic carbocycles. The first-order chi connectivity index (χ1) is 15.4. The molecule has 1 N–H and O–H groups in total. The number of morpholine rings is 1. The van der Waals surface area contributed by atoms with E-state index < -0.39 is 6.36 Å². The van der Waals surface area contributed by atoms with Crippen molar-refractivity contribution >= 4 is 17.4 Å². The van der Waals surface area contributed by atoms with Gasteiger partial charge in [0, 0.05) is 36.0 Å². The van der Waals surface area contributed by atoms with E-state index >= 15 is 0 Å². The van der Waals surface area contributed by atoms with Crippen LogP contribution in [-0.4, -0.2) is 53.4 Å². The molecule has 1 aromatic heterocycles. The highest BCUT2D eigenvalue weighted by Gasteiger charge is 2.31. The average Bonchev–Trinajstić information content (AvgIpc) is 2.80. The molecule has 0 atom stereocenters. The fourth-order valence-electron chi connectivity index (χ4n) is 3.20. The fourth-order valence-corrected chi connectivity index (χ4v) is 3.20. The van der Waals surface area contributed by atoms with E-state index in [0.717, 1.165) is 5.56 Å². The van der Waals surface area contributed by atoms with Gasteiger partial charge in [-0.1, -0.05) is 12.1 Å². The summed E-state index contributed by atoms with van der Waals surface area (Å²) >= 11 is 0. The Morgan fingerprint density at radius 1 is 1.00 bits per heavy atom. The van der Waals surface area contributed by atoms with Crippen LogP contribution in [0.2, 0.25) is 0 Å². The van der Waals surface area contributed by atoms with E-state index in [-0.39, 0.29) is 11.7 Å². The summed E-state index contributed by atoms with van der Waals surface area (Å²) in [5.74, 6) is 0.119. The predicted octanol–water partition coefficient (Wildman–Crippen LogP) is 4.26. The number of alkyl halides is 3. The van der Waals surface area contributed by atoms with E-state index in [2.05, 4.69) is 20.0 Å². The smallest absolute Gasteiger partial charge is 0.406 e. The number of ether oxygens (including phenoxy) is 2. The van der Waals surface area contributed by atoms with Crippen molar-refractivity contribution in [3.05, 3.63) is 66.5 Å². The minimum Gasteiger partial charge on any atom is -0.406 e. The van der Waals surface area contributed by atoms with Crippen molar-refractivity contribution in [2.45, 2.75) is 6.36 Å². The van der Waals surface area contributed by atoms with Gasteiger partial charge in [-0.25, -0.2) is 9.97 Å². The molecular formula is C22H19F3N4O3. The summed E-state index contributed by atoms with van der Waals surface area (Å²) < 4.78 is 46.0. The topological polar surface area (TPSA) is 76.6 Å². The molecule has 2 aromatic carbocycles. The quantitative estimate of drug-likeness (QED) is 0.634. The molecule has 1 saturated heterocycles. The second kappa shape index (κ2) is 9.23. The molecule has 1 fully saturated rings. The zero-order chi connectivity index (χ0) is 22.6. The maximum Gasteiger partial charge on any atom is 0.573 e. The van der Waals surface area contributed by atoms with Crippen LogP contribution in [0.4, 0.5) is 24.7 Å². The zero-order valence-corrected chi connectivity index (χ0v) is 16.8. The molecule has 4 rings (SSSR count). The maximum atomic E-state index is 12.6. The molecule has 10 heteroatoms. The summed E-state index contributed by atoms with van der Waals surface area (Å²) in [5, 5.41) is 3.02. The molecule has 7 nitrogen and oxygen atoms in total. The molecule has 1 aliphatic heterocycles. The number of anilines is 2. The Kier molecular flexibility index (Phi) is 6.22. The first-order valence-electron chi connectivity index (χ1n) is 9.80. The Morgan fingerprint density at radius 2 is 1.69 bits per heavy atom. The fraction of sp³-hybridized carbons (Fsp3) is 0.227. The van der Waals surface area contributed by atoms with Crippen LogP contribution in [0.5, 0.6) is 5.75 Å². The van der Waals surface area contributed by atoms with Gasteiger partial charge in [-0.05, 0) is 36.4 Å². The van der Waals surface area contributed by atoms with Gasteiger partial charge >= 0.3 is 6.36 Å². The third kappa shape index (κ3) is 5.52. The molecule has 1 aliphatic rings. The zero-order valence-electron chi connectivity index (χ0n) is 16.8. The van der Waals surface area contributed by atoms with Crippen LogP contribution >= 0.6 is 0 Å². The number of hydrogen-bond donors (Lipinski definition) is 1. The van der Waals surface area contributed by atoms with Gasteiger partial charge in [0.15, 0.2) is 0 Å². The van der Waals surface area contributed by atoms with Crippen LogP contribution in [-0.2, 0) is 4.74 Å². The average molecular weight is 444 g/mol. The first-order valence-corrected chi connectivity index (χ1v) is 9.80. The van der Waals surface area contributed by atoms with Crippen molar-refractivity contribution in [2.24, 2.45) is 0 Å². The maximum absolute atomic E-state index is 12.6. The van der Waals surface area contributed by atoms with E-state index in [1.54, 1.807) is 23.1 Å². The van der Waals surface area contributed by atoms with Crippen molar-refractivity contribution < 1.29 is 27.4 Å². The minimum atomic E-state index is -4.74. The van der Waals surface area contributed by atoms with Crippen molar-refractivity contribution in [2.75, 3.05) is 31.6 Å². The Hall–Kier alpha value is -3.66. The number of amides is 1. The van der Waals surface area contributed by atoms with E-state index in [4.69, 9.17) is 4.74 Å². The van der Waals surface area contributed by atoms with Crippen molar-refractivity contribution in [1.29, 1.82) is 0 Å². The Labute approximate surface area is 181 Å².